The average molecular weight is 534 g/mol. The fraction of sp³-hybridized carbons (Fsp3) is 0.0400. The number of ketones is 2. The van der Waals surface area contributed by atoms with Crippen LogP contribution in [0.25, 0.3) is 43.1 Å². The predicted molar refractivity (Wildman–Crippen MR) is 127 cm³/mol. The summed E-state index contributed by atoms with van der Waals surface area (Å²) in [5.74, 6) is -0.371. The molecule has 0 aromatic heterocycles. The summed E-state index contributed by atoms with van der Waals surface area (Å²) in [6.07, 6.45) is 1.38. The maximum atomic E-state index is 12.7. The second kappa shape index (κ2) is 6.28. The van der Waals surface area contributed by atoms with Crippen LogP contribution in [0.15, 0.2) is 45.3 Å². The maximum absolute atomic E-state index is 12.7. The molecule has 0 saturated carbocycles. The van der Waals surface area contributed by atoms with Gasteiger partial charge in [0.05, 0.1) is 6.42 Å². The number of fused-ring (bicyclic) bond motifs is 2. The predicted octanol–water partition coefficient (Wildman–Crippen LogP) is 6.66. The van der Waals surface area contributed by atoms with Gasteiger partial charge < -0.3 is 0 Å². The third-order valence-electron chi connectivity index (χ3n) is 6.25. The highest BCUT2D eigenvalue weighted by atomic mass is 79.9. The molecule has 5 aromatic rings. The van der Waals surface area contributed by atoms with Gasteiger partial charge in [0.1, 0.15) is 0 Å². The van der Waals surface area contributed by atoms with Crippen molar-refractivity contribution in [2.45, 2.75) is 6.42 Å². The van der Waals surface area contributed by atoms with Gasteiger partial charge in [-0.3, -0.25) is 19.2 Å². The molecular weight excluding hydrogens is 524 g/mol. The van der Waals surface area contributed by atoms with Crippen molar-refractivity contribution in [3.8, 4) is 0 Å². The van der Waals surface area contributed by atoms with Crippen LogP contribution in [-0.4, -0.2) is 24.1 Å². The SMILES string of the molecule is O=Cc1ccc2c3c(Br)cc4c5c(ccc(c6c(Br)cc(C=O)c1c26)c53)C(=O)CC4=O. The molecule has 0 amide bonds. The summed E-state index contributed by atoms with van der Waals surface area (Å²) in [6.45, 7) is 0. The Labute approximate surface area is 191 Å². The van der Waals surface area contributed by atoms with E-state index in [1.165, 1.54) is 0 Å². The zero-order valence-corrected chi connectivity index (χ0v) is 18.9. The Hall–Kier alpha value is -2.96. The highest BCUT2D eigenvalue weighted by molar-refractivity contribution is 9.11. The van der Waals surface area contributed by atoms with Crippen molar-refractivity contribution in [1.82, 2.24) is 0 Å². The third kappa shape index (κ3) is 2.24. The quantitative estimate of drug-likeness (QED) is 0.110. The van der Waals surface area contributed by atoms with Crippen LogP contribution < -0.4 is 0 Å². The van der Waals surface area contributed by atoms with E-state index >= 15 is 0 Å². The van der Waals surface area contributed by atoms with Crippen LogP contribution in [0.4, 0.5) is 0 Å². The molecule has 0 heterocycles. The number of aldehydes is 2. The van der Waals surface area contributed by atoms with E-state index in [1.54, 1.807) is 24.3 Å². The van der Waals surface area contributed by atoms with Gasteiger partial charge >= 0.3 is 0 Å². The van der Waals surface area contributed by atoms with Crippen LogP contribution in [0.5, 0.6) is 0 Å². The lowest BCUT2D eigenvalue weighted by Gasteiger charge is -2.22. The monoisotopic (exact) mass is 532 g/mol. The fourth-order valence-electron chi connectivity index (χ4n) is 5.05. The van der Waals surface area contributed by atoms with Crippen LogP contribution in [-0.2, 0) is 0 Å². The van der Waals surface area contributed by atoms with E-state index in [0.29, 0.717) is 37.5 Å². The molecule has 0 unspecified atom stereocenters. The number of Topliss-reactive ketones (excluding diaryl/α,β-unsaturated/α-hetero) is 2. The van der Waals surface area contributed by atoms with Gasteiger partial charge in [0, 0.05) is 58.1 Å². The lowest BCUT2D eigenvalue weighted by atomic mass is 9.80. The van der Waals surface area contributed by atoms with Crippen molar-refractivity contribution in [2.75, 3.05) is 0 Å². The van der Waals surface area contributed by atoms with E-state index in [0.717, 1.165) is 49.4 Å². The minimum Gasteiger partial charge on any atom is -0.298 e. The first-order chi connectivity index (χ1) is 15.0. The summed E-state index contributed by atoms with van der Waals surface area (Å²) in [5, 5.41) is 6.27. The van der Waals surface area contributed by atoms with Gasteiger partial charge in [0.15, 0.2) is 24.1 Å². The van der Waals surface area contributed by atoms with Crippen LogP contribution in [0, 0.1) is 0 Å². The zero-order valence-electron chi connectivity index (χ0n) is 15.7. The molecule has 0 N–H and O–H groups in total. The highest BCUT2D eigenvalue weighted by Crippen LogP contribution is 2.49. The second-order valence-corrected chi connectivity index (χ2v) is 9.43. The summed E-state index contributed by atoms with van der Waals surface area (Å²) in [6, 6.07) is 10.7. The van der Waals surface area contributed by atoms with Gasteiger partial charge in [0.25, 0.3) is 0 Å². The van der Waals surface area contributed by atoms with Crippen LogP contribution in [0.2, 0.25) is 0 Å². The lowest BCUT2D eigenvalue weighted by Crippen LogP contribution is -2.16. The van der Waals surface area contributed by atoms with Crippen molar-refractivity contribution in [3.05, 3.63) is 67.6 Å². The number of halogens is 2. The van der Waals surface area contributed by atoms with Gasteiger partial charge in [0.2, 0.25) is 0 Å². The van der Waals surface area contributed by atoms with Crippen LogP contribution in [0.1, 0.15) is 47.9 Å². The molecule has 0 atom stereocenters. The van der Waals surface area contributed by atoms with E-state index in [2.05, 4.69) is 31.9 Å². The normalized spacial score (nSPS) is 13.7. The van der Waals surface area contributed by atoms with E-state index < -0.39 is 0 Å². The molecule has 1 aliphatic carbocycles. The number of hydrogen-bond acceptors (Lipinski definition) is 4. The van der Waals surface area contributed by atoms with Crippen molar-refractivity contribution >= 4 is 99.1 Å². The first kappa shape index (κ1) is 18.8. The molecule has 6 rings (SSSR count). The zero-order chi connectivity index (χ0) is 21.6. The van der Waals surface area contributed by atoms with Gasteiger partial charge in [-0.1, -0.05) is 56.1 Å². The Morgan fingerprint density at radius 2 is 1.19 bits per heavy atom. The summed E-state index contributed by atoms with van der Waals surface area (Å²) in [5.41, 5.74) is 1.94. The standard InChI is InChI=1S/C25H10Br2O4/c26-16-5-11(9-29)20-10(8-28)1-2-13-23-17(27)6-15-19(31)7-18(30)12-3-4-14(22(16)24(13)20)25(23)21(12)15/h1-6,8-9H,7H2. The molecule has 0 fully saturated rings. The highest BCUT2D eigenvalue weighted by Gasteiger charge is 2.30. The number of rotatable bonds is 2. The Kier molecular flexibility index (Phi) is 3.80. The molecule has 6 heteroatoms. The first-order valence-electron chi connectivity index (χ1n) is 9.52. The topological polar surface area (TPSA) is 68.3 Å². The largest absolute Gasteiger partial charge is 0.298 e. The Morgan fingerprint density at radius 1 is 0.613 bits per heavy atom. The summed E-state index contributed by atoms with van der Waals surface area (Å²) < 4.78 is 1.44. The molecule has 0 spiro atoms. The van der Waals surface area contributed by atoms with Crippen LogP contribution in [0.3, 0.4) is 0 Å². The first-order valence-corrected chi connectivity index (χ1v) is 11.1. The maximum Gasteiger partial charge on any atom is 0.171 e. The Morgan fingerprint density at radius 3 is 1.87 bits per heavy atom. The van der Waals surface area contributed by atoms with Crippen molar-refractivity contribution < 1.29 is 19.2 Å². The molecule has 4 nitrogen and oxygen atoms in total. The van der Waals surface area contributed by atoms with Crippen LogP contribution >= 0.6 is 31.9 Å². The molecule has 0 aliphatic heterocycles. The second-order valence-electron chi connectivity index (χ2n) is 7.73. The molecule has 148 valence electrons. The smallest absolute Gasteiger partial charge is 0.171 e. The number of carbonyl (C=O) groups excluding carboxylic acids is 4. The van der Waals surface area contributed by atoms with E-state index in [9.17, 15) is 19.2 Å². The summed E-state index contributed by atoms with van der Waals surface area (Å²) >= 11 is 7.27. The summed E-state index contributed by atoms with van der Waals surface area (Å²) in [7, 11) is 0. The molecule has 0 bridgehead atoms. The van der Waals surface area contributed by atoms with Gasteiger partial charge in [-0.15, -0.1) is 0 Å². The van der Waals surface area contributed by atoms with E-state index in [4.69, 9.17) is 0 Å². The summed E-state index contributed by atoms with van der Waals surface area (Å²) in [4.78, 5) is 49.0. The Bertz CT molecular complexity index is 1700. The number of hydrogen-bond donors (Lipinski definition) is 0. The average Bonchev–Trinajstić information content (AvgIpc) is 2.76. The van der Waals surface area contributed by atoms with Gasteiger partial charge in [-0.25, -0.2) is 0 Å². The van der Waals surface area contributed by atoms with Gasteiger partial charge in [-0.2, -0.15) is 0 Å². The van der Waals surface area contributed by atoms with Crippen molar-refractivity contribution in [3.63, 3.8) is 0 Å². The minimum atomic E-state index is -0.190. The molecule has 1 aliphatic rings. The van der Waals surface area contributed by atoms with Crippen molar-refractivity contribution in [2.24, 2.45) is 0 Å². The lowest BCUT2D eigenvalue weighted by molar-refractivity contribution is 0.0889. The van der Waals surface area contributed by atoms with Crippen molar-refractivity contribution in [1.29, 1.82) is 0 Å². The number of benzene rings is 5. The van der Waals surface area contributed by atoms with Gasteiger partial charge in [-0.05, 0) is 28.3 Å². The molecule has 31 heavy (non-hydrogen) atoms. The molecular formula is C25H10Br2O4. The fourth-order valence-corrected chi connectivity index (χ4v) is 6.34. The number of carbonyl (C=O) groups is 4. The van der Waals surface area contributed by atoms with E-state index in [-0.39, 0.29) is 18.0 Å². The third-order valence-corrected chi connectivity index (χ3v) is 7.50. The Balaban J connectivity index is 2.05. The minimum absolute atomic E-state index is 0.130. The molecule has 0 radical (unpaired) electrons. The van der Waals surface area contributed by atoms with E-state index in [1.807, 2.05) is 12.1 Å². The molecule has 5 aromatic carbocycles. The molecule has 0 saturated heterocycles.